The Balaban J connectivity index is 2.14. The Labute approximate surface area is 107 Å². The van der Waals surface area contributed by atoms with E-state index in [1.165, 1.54) is 0 Å². The van der Waals surface area contributed by atoms with Gasteiger partial charge < -0.3 is 10.1 Å². The first kappa shape index (κ1) is 14.4. The van der Waals surface area contributed by atoms with Crippen molar-refractivity contribution < 1.29 is 14.3 Å². The van der Waals surface area contributed by atoms with E-state index in [9.17, 15) is 9.59 Å². The standard InChI is InChI=1S/C12H21NO3S/c1-3-16-10(14)6-4-8-13-11(15)12(2)7-5-9-17-12/h3-9H2,1-2H3,(H,13,15). The second-order valence-electron chi connectivity index (χ2n) is 4.35. The van der Waals surface area contributed by atoms with Crippen LogP contribution in [0.15, 0.2) is 0 Å². The molecule has 1 saturated heterocycles. The van der Waals surface area contributed by atoms with Gasteiger partial charge in [0.15, 0.2) is 0 Å². The van der Waals surface area contributed by atoms with Gasteiger partial charge in [-0.2, -0.15) is 0 Å². The van der Waals surface area contributed by atoms with E-state index in [4.69, 9.17) is 4.74 Å². The SMILES string of the molecule is CCOC(=O)CCCNC(=O)C1(C)CCCS1. The van der Waals surface area contributed by atoms with Crippen LogP contribution in [0.3, 0.4) is 0 Å². The maximum Gasteiger partial charge on any atom is 0.305 e. The summed E-state index contributed by atoms with van der Waals surface area (Å²) in [5, 5.41) is 2.90. The topological polar surface area (TPSA) is 55.4 Å². The minimum absolute atomic E-state index is 0.101. The number of hydrogen-bond acceptors (Lipinski definition) is 4. The minimum Gasteiger partial charge on any atom is -0.466 e. The van der Waals surface area contributed by atoms with E-state index in [0.717, 1.165) is 18.6 Å². The van der Waals surface area contributed by atoms with Gasteiger partial charge in [0, 0.05) is 13.0 Å². The molecule has 1 N–H and O–H groups in total. The molecule has 0 aromatic carbocycles. The molecule has 0 spiro atoms. The summed E-state index contributed by atoms with van der Waals surface area (Å²) in [6.07, 6.45) is 3.07. The van der Waals surface area contributed by atoms with E-state index in [1.54, 1.807) is 18.7 Å². The Hall–Kier alpha value is -0.710. The van der Waals surface area contributed by atoms with Gasteiger partial charge >= 0.3 is 5.97 Å². The highest BCUT2D eigenvalue weighted by atomic mass is 32.2. The van der Waals surface area contributed by atoms with Crippen LogP contribution in [0.25, 0.3) is 0 Å². The molecule has 1 fully saturated rings. The van der Waals surface area contributed by atoms with Gasteiger partial charge in [-0.25, -0.2) is 0 Å². The highest BCUT2D eigenvalue weighted by molar-refractivity contribution is 8.01. The quantitative estimate of drug-likeness (QED) is 0.583. The van der Waals surface area contributed by atoms with Crippen molar-refractivity contribution in [1.29, 1.82) is 0 Å². The van der Waals surface area contributed by atoms with Gasteiger partial charge in [-0.3, -0.25) is 9.59 Å². The lowest BCUT2D eigenvalue weighted by Crippen LogP contribution is -2.40. The number of hydrogen-bond donors (Lipinski definition) is 1. The molecule has 0 radical (unpaired) electrons. The molecule has 0 aromatic rings. The molecule has 0 aliphatic carbocycles. The second kappa shape index (κ2) is 6.89. The van der Waals surface area contributed by atoms with E-state index in [0.29, 0.717) is 26.0 Å². The van der Waals surface area contributed by atoms with Crippen molar-refractivity contribution in [1.82, 2.24) is 5.32 Å². The van der Waals surface area contributed by atoms with Crippen molar-refractivity contribution in [3.05, 3.63) is 0 Å². The molecule has 1 aliphatic rings. The summed E-state index contributed by atoms with van der Waals surface area (Å²) in [7, 11) is 0. The normalized spacial score (nSPS) is 23.4. The van der Waals surface area contributed by atoms with Gasteiger partial charge in [0.25, 0.3) is 0 Å². The molecular formula is C12H21NO3S. The summed E-state index contributed by atoms with van der Waals surface area (Å²) in [5.74, 6) is 0.972. The zero-order valence-corrected chi connectivity index (χ0v) is 11.4. The maximum absolute atomic E-state index is 11.9. The molecule has 0 bridgehead atoms. The van der Waals surface area contributed by atoms with E-state index in [-0.39, 0.29) is 16.6 Å². The lowest BCUT2D eigenvalue weighted by molar-refractivity contribution is -0.143. The highest BCUT2D eigenvalue weighted by Gasteiger charge is 2.36. The van der Waals surface area contributed by atoms with E-state index in [1.807, 2.05) is 6.92 Å². The largest absolute Gasteiger partial charge is 0.466 e. The predicted molar refractivity (Wildman–Crippen MR) is 69.0 cm³/mol. The summed E-state index contributed by atoms with van der Waals surface area (Å²) in [5.41, 5.74) is 0. The van der Waals surface area contributed by atoms with Crippen molar-refractivity contribution in [2.75, 3.05) is 18.9 Å². The van der Waals surface area contributed by atoms with Crippen LogP contribution in [0.5, 0.6) is 0 Å². The van der Waals surface area contributed by atoms with Crippen LogP contribution in [0.2, 0.25) is 0 Å². The summed E-state index contributed by atoms with van der Waals surface area (Å²) < 4.78 is 4.55. The summed E-state index contributed by atoms with van der Waals surface area (Å²) in [4.78, 5) is 23.0. The van der Waals surface area contributed by atoms with Crippen LogP contribution < -0.4 is 5.32 Å². The first-order chi connectivity index (χ1) is 8.08. The number of carbonyl (C=O) groups is 2. The van der Waals surface area contributed by atoms with Gasteiger partial charge in [-0.1, -0.05) is 0 Å². The lowest BCUT2D eigenvalue weighted by atomic mass is 10.0. The highest BCUT2D eigenvalue weighted by Crippen LogP contribution is 2.37. The van der Waals surface area contributed by atoms with E-state index < -0.39 is 0 Å². The Morgan fingerprint density at radius 3 is 2.82 bits per heavy atom. The predicted octanol–water partition coefficient (Wildman–Crippen LogP) is 1.73. The zero-order valence-electron chi connectivity index (χ0n) is 10.6. The van der Waals surface area contributed by atoms with Crippen LogP contribution in [0.4, 0.5) is 0 Å². The van der Waals surface area contributed by atoms with Gasteiger partial charge in [0.05, 0.1) is 11.4 Å². The second-order valence-corrected chi connectivity index (χ2v) is 5.95. The maximum atomic E-state index is 11.9. The van der Waals surface area contributed by atoms with E-state index in [2.05, 4.69) is 5.32 Å². The molecule has 98 valence electrons. The van der Waals surface area contributed by atoms with Crippen molar-refractivity contribution in [2.24, 2.45) is 0 Å². The van der Waals surface area contributed by atoms with Gasteiger partial charge in [0.1, 0.15) is 0 Å². The molecule has 1 rings (SSSR count). The third-order valence-corrected chi connectivity index (χ3v) is 4.37. The Morgan fingerprint density at radius 1 is 1.47 bits per heavy atom. The number of thioether (sulfide) groups is 1. The average molecular weight is 259 g/mol. The molecule has 17 heavy (non-hydrogen) atoms. The van der Waals surface area contributed by atoms with Crippen LogP contribution in [0, 0.1) is 0 Å². The molecule has 4 nitrogen and oxygen atoms in total. The summed E-state index contributed by atoms with van der Waals surface area (Å²) >= 11 is 1.72. The lowest BCUT2D eigenvalue weighted by Gasteiger charge is -2.21. The first-order valence-electron chi connectivity index (χ1n) is 6.16. The number of nitrogens with one attached hydrogen (secondary N) is 1. The van der Waals surface area contributed by atoms with Crippen molar-refractivity contribution in [3.63, 3.8) is 0 Å². The van der Waals surface area contributed by atoms with Crippen LogP contribution in [-0.2, 0) is 14.3 Å². The van der Waals surface area contributed by atoms with Gasteiger partial charge in [-0.05, 0) is 38.9 Å². The Kier molecular flexibility index (Phi) is 5.82. The molecule has 0 aromatic heterocycles. The van der Waals surface area contributed by atoms with Gasteiger partial charge in [0.2, 0.25) is 5.91 Å². The Morgan fingerprint density at radius 2 is 2.24 bits per heavy atom. The monoisotopic (exact) mass is 259 g/mol. The molecular weight excluding hydrogens is 238 g/mol. The fourth-order valence-electron chi connectivity index (χ4n) is 1.81. The molecule has 1 unspecified atom stereocenters. The van der Waals surface area contributed by atoms with Crippen molar-refractivity contribution in [2.45, 2.75) is 44.3 Å². The molecule has 1 heterocycles. The number of rotatable bonds is 6. The van der Waals surface area contributed by atoms with E-state index >= 15 is 0 Å². The minimum atomic E-state index is -0.260. The third kappa shape index (κ3) is 4.58. The summed E-state index contributed by atoms with van der Waals surface area (Å²) in [6.45, 7) is 4.75. The van der Waals surface area contributed by atoms with Crippen LogP contribution in [0.1, 0.15) is 39.5 Å². The molecule has 1 aliphatic heterocycles. The zero-order chi connectivity index (χ0) is 12.7. The fraction of sp³-hybridized carbons (Fsp3) is 0.833. The first-order valence-corrected chi connectivity index (χ1v) is 7.15. The average Bonchev–Trinajstić information content (AvgIpc) is 2.73. The molecule has 1 amide bonds. The van der Waals surface area contributed by atoms with Crippen molar-refractivity contribution in [3.8, 4) is 0 Å². The van der Waals surface area contributed by atoms with Crippen molar-refractivity contribution >= 4 is 23.6 Å². The molecule has 1 atom stereocenters. The van der Waals surface area contributed by atoms with Crippen LogP contribution in [-0.4, -0.2) is 35.5 Å². The summed E-state index contributed by atoms with van der Waals surface area (Å²) in [6, 6.07) is 0. The Bertz CT molecular complexity index is 275. The van der Waals surface area contributed by atoms with Gasteiger partial charge in [-0.15, -0.1) is 11.8 Å². The third-order valence-electron chi connectivity index (χ3n) is 2.85. The smallest absolute Gasteiger partial charge is 0.305 e. The molecule has 5 heteroatoms. The number of ether oxygens (including phenoxy) is 1. The molecule has 0 saturated carbocycles. The number of esters is 1. The fourth-order valence-corrected chi connectivity index (χ4v) is 3.04. The number of amides is 1. The van der Waals surface area contributed by atoms with Crippen LogP contribution >= 0.6 is 11.8 Å². The number of carbonyl (C=O) groups excluding carboxylic acids is 2.